The van der Waals surface area contributed by atoms with E-state index in [4.69, 9.17) is 4.74 Å². The highest BCUT2D eigenvalue weighted by Gasteiger charge is 2.06. The minimum atomic E-state index is -0.400. The van der Waals surface area contributed by atoms with Crippen LogP contribution in [0.5, 0.6) is 5.75 Å². The maximum absolute atomic E-state index is 11.1. The van der Waals surface area contributed by atoms with Crippen LogP contribution in [0.15, 0.2) is 30.4 Å². The molecule has 0 aliphatic rings. The molecular weight excluding hydrogens is 164 g/mol. The first kappa shape index (κ1) is 9.52. The molecule has 0 heterocycles. The molecule has 2 heteroatoms. The lowest BCUT2D eigenvalue weighted by atomic mass is 10.2. The molecule has 0 fully saturated rings. The average Bonchev–Trinajstić information content (AvgIpc) is 2.08. The highest BCUT2D eigenvalue weighted by Crippen LogP contribution is 2.16. The lowest BCUT2D eigenvalue weighted by molar-refractivity contribution is -0.130. The second-order valence-electron chi connectivity index (χ2n) is 2.86. The molecule has 0 aromatic heterocycles. The van der Waals surface area contributed by atoms with Crippen LogP contribution in [0.3, 0.4) is 0 Å². The lowest BCUT2D eigenvalue weighted by Crippen LogP contribution is -2.08. The zero-order chi connectivity index (χ0) is 9.84. The summed E-state index contributed by atoms with van der Waals surface area (Å²) in [5, 5.41) is 0. The van der Waals surface area contributed by atoms with Gasteiger partial charge in [0.15, 0.2) is 0 Å². The zero-order valence-corrected chi connectivity index (χ0v) is 7.76. The van der Waals surface area contributed by atoms with Crippen LogP contribution < -0.4 is 4.74 Å². The summed E-state index contributed by atoms with van der Waals surface area (Å²) in [5.74, 6) is 0.137. The van der Waals surface area contributed by atoms with Crippen molar-refractivity contribution in [3.63, 3.8) is 0 Å². The van der Waals surface area contributed by atoms with Gasteiger partial charge in [0.05, 0.1) is 0 Å². The quantitative estimate of drug-likeness (QED) is 0.391. The Labute approximate surface area is 77.8 Å². The monoisotopic (exact) mass is 175 g/mol. The Morgan fingerprint density at radius 3 is 2.85 bits per heavy atom. The van der Waals surface area contributed by atoms with Gasteiger partial charge in [-0.2, -0.15) is 0 Å². The van der Waals surface area contributed by atoms with Crippen molar-refractivity contribution in [2.45, 2.75) is 13.8 Å². The first-order valence-corrected chi connectivity index (χ1v) is 3.95. The fourth-order valence-corrected chi connectivity index (χ4v) is 0.790. The van der Waals surface area contributed by atoms with Crippen molar-refractivity contribution in [2.24, 2.45) is 0 Å². The highest BCUT2D eigenvalue weighted by molar-refractivity contribution is 5.88. The smallest absolute Gasteiger partial charge is 0.338 e. The van der Waals surface area contributed by atoms with Crippen molar-refractivity contribution in [1.29, 1.82) is 0 Å². The fraction of sp³-hybridized carbons (Fsp3) is 0.182. The van der Waals surface area contributed by atoms with E-state index in [1.807, 2.05) is 13.0 Å². The zero-order valence-electron chi connectivity index (χ0n) is 7.76. The van der Waals surface area contributed by atoms with Crippen molar-refractivity contribution < 1.29 is 9.53 Å². The van der Waals surface area contributed by atoms with Crippen LogP contribution in [-0.4, -0.2) is 5.97 Å². The van der Waals surface area contributed by atoms with Gasteiger partial charge in [-0.05, 0) is 31.5 Å². The maximum Gasteiger partial charge on any atom is 0.338 e. The summed E-state index contributed by atoms with van der Waals surface area (Å²) in [4.78, 5) is 11.1. The molecule has 0 spiro atoms. The fourth-order valence-electron chi connectivity index (χ4n) is 0.790. The molecule has 0 bridgehead atoms. The summed E-state index contributed by atoms with van der Waals surface area (Å²) in [6.07, 6.45) is 0. The van der Waals surface area contributed by atoms with Gasteiger partial charge in [0.2, 0.25) is 0 Å². The van der Waals surface area contributed by atoms with Gasteiger partial charge in [0.25, 0.3) is 0 Å². The number of hydrogen-bond donors (Lipinski definition) is 0. The Bertz CT molecular complexity index is 340. The van der Waals surface area contributed by atoms with E-state index in [2.05, 4.69) is 12.6 Å². The minimum absolute atomic E-state index is 0.392. The van der Waals surface area contributed by atoms with Gasteiger partial charge < -0.3 is 4.74 Å². The molecule has 2 nitrogen and oxygen atoms in total. The van der Waals surface area contributed by atoms with Gasteiger partial charge in [0, 0.05) is 5.57 Å². The Balaban J connectivity index is 2.81. The molecule has 0 aliphatic carbocycles. The first-order valence-electron chi connectivity index (χ1n) is 3.95. The molecule has 1 rings (SSSR count). The van der Waals surface area contributed by atoms with Crippen molar-refractivity contribution in [3.8, 4) is 5.75 Å². The minimum Gasteiger partial charge on any atom is -0.423 e. The third-order valence-electron chi connectivity index (χ3n) is 1.58. The van der Waals surface area contributed by atoms with Gasteiger partial charge in [-0.15, -0.1) is 0 Å². The van der Waals surface area contributed by atoms with Gasteiger partial charge in [-0.1, -0.05) is 18.7 Å². The molecule has 0 aliphatic heterocycles. The van der Waals surface area contributed by atoms with Crippen LogP contribution in [0.1, 0.15) is 12.5 Å². The number of esters is 1. The van der Waals surface area contributed by atoms with E-state index < -0.39 is 5.97 Å². The van der Waals surface area contributed by atoms with Gasteiger partial charge in [0.1, 0.15) is 5.75 Å². The number of aryl methyl sites for hydroxylation is 1. The Morgan fingerprint density at radius 2 is 2.31 bits per heavy atom. The molecule has 1 aromatic carbocycles. The van der Waals surface area contributed by atoms with E-state index >= 15 is 0 Å². The molecule has 0 unspecified atom stereocenters. The molecule has 0 saturated carbocycles. The van der Waals surface area contributed by atoms with Crippen LogP contribution >= 0.6 is 0 Å². The second-order valence-corrected chi connectivity index (χ2v) is 2.86. The summed E-state index contributed by atoms with van der Waals surface area (Å²) >= 11 is 0. The van der Waals surface area contributed by atoms with Crippen molar-refractivity contribution in [3.05, 3.63) is 42.0 Å². The Morgan fingerprint density at radius 1 is 1.62 bits per heavy atom. The molecule has 13 heavy (non-hydrogen) atoms. The van der Waals surface area contributed by atoms with E-state index in [0.29, 0.717) is 11.3 Å². The van der Waals surface area contributed by atoms with Crippen LogP contribution in [0.2, 0.25) is 0 Å². The number of ether oxygens (including phenoxy) is 1. The molecular formula is C11H11O2. The average molecular weight is 175 g/mol. The van der Waals surface area contributed by atoms with Crippen LogP contribution in [0.4, 0.5) is 0 Å². The van der Waals surface area contributed by atoms with Crippen molar-refractivity contribution in [1.82, 2.24) is 0 Å². The molecule has 0 amide bonds. The summed E-state index contributed by atoms with van der Waals surface area (Å²) < 4.78 is 5.04. The predicted octanol–water partition coefficient (Wildman–Crippen LogP) is 2.28. The number of carbonyl (C=O) groups is 1. The SMILES string of the molecule is C=C(C)C(=O)Oc1c[c]ccc1C. The molecule has 67 valence electrons. The molecule has 0 N–H and O–H groups in total. The molecule has 0 saturated heterocycles. The number of benzene rings is 1. The predicted molar refractivity (Wildman–Crippen MR) is 50.5 cm³/mol. The van der Waals surface area contributed by atoms with E-state index in [0.717, 1.165) is 5.56 Å². The normalized spacial score (nSPS) is 9.38. The van der Waals surface area contributed by atoms with E-state index in [1.54, 1.807) is 19.1 Å². The molecule has 1 aromatic rings. The van der Waals surface area contributed by atoms with Gasteiger partial charge >= 0.3 is 5.97 Å². The summed E-state index contributed by atoms with van der Waals surface area (Å²) in [6, 6.07) is 8.08. The standard InChI is InChI=1S/C11H11O2/c1-8(2)11(12)13-10-7-5-4-6-9(10)3/h4,6-7H,1H2,2-3H3. The van der Waals surface area contributed by atoms with Gasteiger partial charge in [-0.3, -0.25) is 0 Å². The van der Waals surface area contributed by atoms with Crippen molar-refractivity contribution in [2.75, 3.05) is 0 Å². The largest absolute Gasteiger partial charge is 0.423 e. The van der Waals surface area contributed by atoms with Crippen LogP contribution in [0.25, 0.3) is 0 Å². The maximum atomic E-state index is 11.1. The summed E-state index contributed by atoms with van der Waals surface area (Å²) in [5.41, 5.74) is 1.30. The Hall–Kier alpha value is -1.57. The van der Waals surface area contributed by atoms with Gasteiger partial charge in [-0.25, -0.2) is 4.79 Å². The topological polar surface area (TPSA) is 26.3 Å². The first-order chi connectivity index (χ1) is 6.11. The third-order valence-corrected chi connectivity index (χ3v) is 1.58. The van der Waals surface area contributed by atoms with Crippen LogP contribution in [0, 0.1) is 13.0 Å². The van der Waals surface area contributed by atoms with Crippen LogP contribution in [-0.2, 0) is 4.79 Å². The Kier molecular flexibility index (Phi) is 2.85. The third kappa shape index (κ3) is 2.44. The number of rotatable bonds is 2. The molecule has 1 radical (unpaired) electrons. The lowest BCUT2D eigenvalue weighted by Gasteiger charge is -2.05. The second kappa shape index (κ2) is 3.90. The number of hydrogen-bond acceptors (Lipinski definition) is 2. The molecule has 0 atom stereocenters. The summed E-state index contributed by atoms with van der Waals surface area (Å²) in [6.45, 7) is 6.98. The highest BCUT2D eigenvalue weighted by atomic mass is 16.5. The van der Waals surface area contributed by atoms with Crippen molar-refractivity contribution >= 4 is 5.97 Å². The summed E-state index contributed by atoms with van der Waals surface area (Å²) in [7, 11) is 0. The van der Waals surface area contributed by atoms with E-state index in [-0.39, 0.29) is 0 Å². The van der Waals surface area contributed by atoms with E-state index in [9.17, 15) is 4.79 Å². The number of carbonyl (C=O) groups excluding carboxylic acids is 1. The van der Waals surface area contributed by atoms with E-state index in [1.165, 1.54) is 0 Å².